The van der Waals surface area contributed by atoms with Gasteiger partial charge in [0, 0.05) is 0 Å². The summed E-state index contributed by atoms with van der Waals surface area (Å²) in [6.07, 6.45) is 0.640. The standard InChI is InChI=1S/C11H12BrNO3/c1-2-8(12)10(14)13-9-6-4-3-5-7(9)11(15)16/h3-6,8H,2H2,1H3,(H,13,14)(H,15,16)/t8-/m1/s1. The van der Waals surface area contributed by atoms with Crippen molar-refractivity contribution in [2.24, 2.45) is 0 Å². The molecule has 0 saturated heterocycles. The van der Waals surface area contributed by atoms with Gasteiger partial charge in [0.1, 0.15) is 0 Å². The van der Waals surface area contributed by atoms with Crippen LogP contribution in [0.1, 0.15) is 23.7 Å². The first-order valence-corrected chi connectivity index (χ1v) is 5.75. The maximum Gasteiger partial charge on any atom is 0.337 e. The summed E-state index contributed by atoms with van der Waals surface area (Å²) in [5.41, 5.74) is 0.407. The summed E-state index contributed by atoms with van der Waals surface area (Å²) in [4.78, 5) is 22.1. The number of hydrogen-bond donors (Lipinski definition) is 2. The van der Waals surface area contributed by atoms with Crippen LogP contribution in [0.25, 0.3) is 0 Å². The van der Waals surface area contributed by atoms with Crippen molar-refractivity contribution in [2.45, 2.75) is 18.2 Å². The fourth-order valence-electron chi connectivity index (χ4n) is 1.18. The first kappa shape index (κ1) is 12.7. The number of carboxylic acid groups (broad SMARTS) is 1. The highest BCUT2D eigenvalue weighted by Crippen LogP contribution is 2.16. The summed E-state index contributed by atoms with van der Waals surface area (Å²) >= 11 is 3.20. The van der Waals surface area contributed by atoms with Crippen LogP contribution in [0.5, 0.6) is 0 Å². The first-order valence-electron chi connectivity index (χ1n) is 4.83. The summed E-state index contributed by atoms with van der Waals surface area (Å²) in [5.74, 6) is -1.30. The molecule has 0 radical (unpaired) electrons. The third kappa shape index (κ3) is 3.06. The maximum atomic E-state index is 11.6. The molecule has 16 heavy (non-hydrogen) atoms. The molecule has 5 heteroatoms. The Kier molecular flexibility index (Phi) is 4.49. The Labute approximate surface area is 102 Å². The van der Waals surface area contributed by atoms with Crippen molar-refractivity contribution in [3.8, 4) is 0 Å². The molecular formula is C11H12BrNO3. The number of nitrogens with one attached hydrogen (secondary N) is 1. The van der Waals surface area contributed by atoms with Crippen LogP contribution in [0.15, 0.2) is 24.3 Å². The van der Waals surface area contributed by atoms with E-state index in [-0.39, 0.29) is 16.3 Å². The molecule has 1 atom stereocenters. The fourth-order valence-corrected chi connectivity index (χ4v) is 1.29. The Hall–Kier alpha value is -1.36. The Balaban J connectivity index is 2.89. The van der Waals surface area contributed by atoms with E-state index in [0.717, 1.165) is 0 Å². The summed E-state index contributed by atoms with van der Waals surface area (Å²) < 4.78 is 0. The number of carbonyl (C=O) groups excluding carboxylic acids is 1. The molecule has 1 aromatic rings. The topological polar surface area (TPSA) is 66.4 Å². The number of rotatable bonds is 4. The highest BCUT2D eigenvalue weighted by atomic mass is 79.9. The number of para-hydroxylation sites is 1. The van der Waals surface area contributed by atoms with Gasteiger partial charge in [-0.1, -0.05) is 35.0 Å². The number of anilines is 1. The Bertz CT molecular complexity index is 406. The molecule has 86 valence electrons. The van der Waals surface area contributed by atoms with Gasteiger partial charge in [0.25, 0.3) is 0 Å². The molecule has 0 heterocycles. The van der Waals surface area contributed by atoms with E-state index < -0.39 is 5.97 Å². The molecule has 0 aliphatic heterocycles. The summed E-state index contributed by atoms with van der Waals surface area (Å²) in [6.45, 7) is 1.86. The summed E-state index contributed by atoms with van der Waals surface area (Å²) in [7, 11) is 0. The molecule has 0 aromatic heterocycles. The molecule has 1 amide bonds. The van der Waals surface area contributed by atoms with Gasteiger partial charge in [0.15, 0.2) is 0 Å². The minimum atomic E-state index is -1.06. The van der Waals surface area contributed by atoms with Gasteiger partial charge >= 0.3 is 5.97 Å². The van der Waals surface area contributed by atoms with E-state index in [1.165, 1.54) is 6.07 Å². The molecule has 0 spiro atoms. The number of alkyl halides is 1. The molecule has 0 bridgehead atoms. The van der Waals surface area contributed by atoms with Crippen LogP contribution in [0.2, 0.25) is 0 Å². The van der Waals surface area contributed by atoms with Crippen LogP contribution in [-0.4, -0.2) is 21.8 Å². The van der Waals surface area contributed by atoms with Gasteiger partial charge in [-0.05, 0) is 18.6 Å². The van der Waals surface area contributed by atoms with Crippen molar-refractivity contribution in [3.63, 3.8) is 0 Å². The fraction of sp³-hybridized carbons (Fsp3) is 0.273. The average molecular weight is 286 g/mol. The molecule has 0 fully saturated rings. The zero-order chi connectivity index (χ0) is 12.1. The van der Waals surface area contributed by atoms with Gasteiger partial charge in [0.05, 0.1) is 16.1 Å². The number of hydrogen-bond acceptors (Lipinski definition) is 2. The summed E-state index contributed by atoms with van der Waals surface area (Å²) in [6, 6.07) is 6.31. The van der Waals surface area contributed by atoms with E-state index in [1.807, 2.05) is 6.92 Å². The third-order valence-electron chi connectivity index (χ3n) is 2.06. The predicted octanol–water partition coefficient (Wildman–Crippen LogP) is 2.50. The van der Waals surface area contributed by atoms with Gasteiger partial charge in [-0.2, -0.15) is 0 Å². The van der Waals surface area contributed by atoms with Crippen LogP contribution in [0.4, 0.5) is 5.69 Å². The van der Waals surface area contributed by atoms with Crippen molar-refractivity contribution < 1.29 is 14.7 Å². The van der Waals surface area contributed by atoms with Gasteiger partial charge in [0.2, 0.25) is 5.91 Å². The van der Waals surface area contributed by atoms with Gasteiger partial charge in [-0.3, -0.25) is 4.79 Å². The molecule has 1 aromatic carbocycles. The maximum absolute atomic E-state index is 11.6. The van der Waals surface area contributed by atoms with E-state index >= 15 is 0 Å². The van der Waals surface area contributed by atoms with E-state index in [0.29, 0.717) is 12.1 Å². The lowest BCUT2D eigenvalue weighted by Crippen LogP contribution is -2.23. The van der Waals surface area contributed by atoms with Crippen LogP contribution >= 0.6 is 15.9 Å². The van der Waals surface area contributed by atoms with E-state index in [2.05, 4.69) is 21.2 Å². The van der Waals surface area contributed by atoms with Crippen molar-refractivity contribution in [1.82, 2.24) is 0 Å². The largest absolute Gasteiger partial charge is 0.478 e. The molecule has 2 N–H and O–H groups in total. The minimum absolute atomic E-state index is 0.0895. The molecule has 4 nitrogen and oxygen atoms in total. The van der Waals surface area contributed by atoms with Crippen LogP contribution in [0, 0.1) is 0 Å². The second kappa shape index (κ2) is 5.65. The average Bonchev–Trinajstić information content (AvgIpc) is 2.28. The van der Waals surface area contributed by atoms with Crippen molar-refractivity contribution in [3.05, 3.63) is 29.8 Å². The second-order valence-corrected chi connectivity index (χ2v) is 4.32. The zero-order valence-electron chi connectivity index (χ0n) is 8.74. The van der Waals surface area contributed by atoms with Crippen LogP contribution < -0.4 is 5.32 Å². The van der Waals surface area contributed by atoms with Crippen LogP contribution in [0.3, 0.4) is 0 Å². The van der Waals surface area contributed by atoms with E-state index in [4.69, 9.17) is 5.11 Å². The highest BCUT2D eigenvalue weighted by Gasteiger charge is 2.15. The van der Waals surface area contributed by atoms with E-state index in [9.17, 15) is 9.59 Å². The molecule has 0 aliphatic rings. The SMILES string of the molecule is CC[C@@H](Br)C(=O)Nc1ccccc1C(=O)O. The number of benzene rings is 1. The Morgan fingerprint density at radius 1 is 1.44 bits per heavy atom. The van der Waals surface area contributed by atoms with Gasteiger partial charge in [-0.25, -0.2) is 4.79 Å². The van der Waals surface area contributed by atoms with Gasteiger partial charge in [-0.15, -0.1) is 0 Å². The number of halogens is 1. The minimum Gasteiger partial charge on any atom is -0.478 e. The van der Waals surface area contributed by atoms with Crippen molar-refractivity contribution in [1.29, 1.82) is 0 Å². The Morgan fingerprint density at radius 3 is 2.62 bits per heavy atom. The lowest BCUT2D eigenvalue weighted by molar-refractivity contribution is -0.115. The lowest BCUT2D eigenvalue weighted by atomic mass is 10.1. The normalized spacial score (nSPS) is 11.9. The number of carboxylic acids is 1. The van der Waals surface area contributed by atoms with E-state index in [1.54, 1.807) is 18.2 Å². The Morgan fingerprint density at radius 2 is 2.06 bits per heavy atom. The molecule has 1 rings (SSSR count). The third-order valence-corrected chi connectivity index (χ3v) is 3.12. The molecular weight excluding hydrogens is 274 g/mol. The number of carbonyl (C=O) groups is 2. The predicted molar refractivity (Wildman–Crippen MR) is 65.0 cm³/mol. The smallest absolute Gasteiger partial charge is 0.337 e. The van der Waals surface area contributed by atoms with Crippen molar-refractivity contribution >= 4 is 33.5 Å². The first-order chi connectivity index (χ1) is 7.56. The monoisotopic (exact) mass is 285 g/mol. The van der Waals surface area contributed by atoms with Crippen molar-refractivity contribution in [2.75, 3.05) is 5.32 Å². The lowest BCUT2D eigenvalue weighted by Gasteiger charge is -2.10. The molecule has 0 aliphatic carbocycles. The zero-order valence-corrected chi connectivity index (χ0v) is 10.3. The van der Waals surface area contributed by atoms with Gasteiger partial charge < -0.3 is 10.4 Å². The highest BCUT2D eigenvalue weighted by molar-refractivity contribution is 9.10. The van der Waals surface area contributed by atoms with Crippen LogP contribution in [-0.2, 0) is 4.79 Å². The molecule has 0 saturated carbocycles. The summed E-state index contributed by atoms with van der Waals surface area (Å²) in [5, 5.41) is 11.5. The second-order valence-electron chi connectivity index (χ2n) is 3.22. The molecule has 0 unspecified atom stereocenters. The number of aromatic carboxylic acids is 1. The quantitative estimate of drug-likeness (QED) is 0.836. The number of amides is 1.